The van der Waals surface area contributed by atoms with Crippen LogP contribution in [0.15, 0.2) is 100 Å². The van der Waals surface area contributed by atoms with Crippen molar-refractivity contribution in [2.75, 3.05) is 4.72 Å². The molecule has 0 saturated carbocycles. The third kappa shape index (κ3) is 4.26. The number of carbonyl (C=O) groups excluding carboxylic acids is 1. The van der Waals surface area contributed by atoms with Crippen molar-refractivity contribution in [2.45, 2.75) is 4.90 Å². The Morgan fingerprint density at radius 1 is 0.903 bits per heavy atom. The Bertz CT molecular complexity index is 1390. The van der Waals surface area contributed by atoms with Crippen LogP contribution in [0.2, 0.25) is 0 Å². The molecule has 31 heavy (non-hydrogen) atoms. The number of hydrogen-bond donors (Lipinski definition) is 2. The van der Waals surface area contributed by atoms with Crippen LogP contribution in [0.5, 0.6) is 5.75 Å². The lowest BCUT2D eigenvalue weighted by Gasteiger charge is -2.13. The molecule has 0 radical (unpaired) electrons. The number of fused-ring (bicyclic) bond motifs is 1. The highest BCUT2D eigenvalue weighted by Gasteiger charge is 2.18. The smallest absolute Gasteiger partial charge is 0.295 e. The zero-order chi connectivity index (χ0) is 21.8. The highest BCUT2D eigenvalue weighted by Crippen LogP contribution is 2.40. The Morgan fingerprint density at radius 2 is 1.55 bits per heavy atom. The molecule has 9 heteroatoms. The van der Waals surface area contributed by atoms with E-state index in [-0.39, 0.29) is 27.6 Å². The van der Waals surface area contributed by atoms with Crippen LogP contribution >= 0.6 is 0 Å². The summed E-state index contributed by atoms with van der Waals surface area (Å²) in [5.74, 6) is -0.842. The second-order valence-electron chi connectivity index (χ2n) is 6.50. The van der Waals surface area contributed by atoms with Crippen LogP contribution in [0.4, 0.5) is 11.4 Å². The van der Waals surface area contributed by atoms with Crippen molar-refractivity contribution in [3.63, 3.8) is 0 Å². The molecule has 0 unspecified atom stereocenters. The third-order valence-corrected chi connectivity index (χ3v) is 5.85. The first-order chi connectivity index (χ1) is 15.0. The van der Waals surface area contributed by atoms with E-state index in [2.05, 4.69) is 19.9 Å². The Morgan fingerprint density at radius 3 is 2.26 bits per heavy atom. The van der Waals surface area contributed by atoms with E-state index in [4.69, 9.17) is 0 Å². The molecule has 0 saturated heterocycles. The van der Waals surface area contributed by atoms with Crippen LogP contribution in [0.3, 0.4) is 0 Å². The van der Waals surface area contributed by atoms with Gasteiger partial charge in [-0.2, -0.15) is 0 Å². The fourth-order valence-electron chi connectivity index (χ4n) is 2.96. The number of nitrogens with one attached hydrogen (secondary N) is 1. The second-order valence-corrected chi connectivity index (χ2v) is 8.18. The lowest BCUT2D eigenvalue weighted by molar-refractivity contribution is 0.0995. The van der Waals surface area contributed by atoms with E-state index in [0.29, 0.717) is 10.8 Å². The zero-order valence-electron chi connectivity index (χ0n) is 16.0. The number of rotatable bonds is 5. The minimum Gasteiger partial charge on any atom is -0.505 e. The molecule has 1 heterocycles. The summed E-state index contributed by atoms with van der Waals surface area (Å²) in [6.07, 6.45) is 2.90. The van der Waals surface area contributed by atoms with Crippen molar-refractivity contribution in [2.24, 2.45) is 10.2 Å². The van der Waals surface area contributed by atoms with Crippen molar-refractivity contribution < 1.29 is 18.3 Å². The van der Waals surface area contributed by atoms with Gasteiger partial charge in [-0.25, -0.2) is 8.42 Å². The molecule has 0 spiro atoms. The fourth-order valence-corrected chi connectivity index (χ4v) is 4.05. The number of nitrogens with zero attached hydrogens (tertiary/aromatic N) is 3. The van der Waals surface area contributed by atoms with Gasteiger partial charge in [0.15, 0.2) is 5.75 Å². The summed E-state index contributed by atoms with van der Waals surface area (Å²) in [6.45, 7) is 0. The van der Waals surface area contributed by atoms with Gasteiger partial charge in [0, 0.05) is 28.7 Å². The summed E-state index contributed by atoms with van der Waals surface area (Å²) in [4.78, 5) is 16.1. The van der Waals surface area contributed by atoms with Gasteiger partial charge >= 0.3 is 0 Å². The van der Waals surface area contributed by atoms with Gasteiger partial charge in [0.25, 0.3) is 15.9 Å². The molecule has 4 aromatic rings. The van der Waals surface area contributed by atoms with E-state index < -0.39 is 15.9 Å². The van der Waals surface area contributed by atoms with Crippen molar-refractivity contribution in [1.29, 1.82) is 0 Å². The maximum absolute atomic E-state index is 12.8. The molecule has 0 atom stereocenters. The molecule has 0 aliphatic heterocycles. The number of benzene rings is 3. The lowest BCUT2D eigenvalue weighted by Crippen LogP contribution is -2.13. The zero-order valence-corrected chi connectivity index (χ0v) is 16.8. The molecule has 8 nitrogen and oxygen atoms in total. The molecule has 1 amide bonds. The van der Waals surface area contributed by atoms with Crippen LogP contribution < -0.4 is 4.72 Å². The largest absolute Gasteiger partial charge is 0.505 e. The number of phenolic OH excluding ortho intramolecular Hbond substituents is 1. The predicted octanol–water partition coefficient (Wildman–Crippen LogP) is 4.67. The number of pyridine rings is 1. The average molecular weight is 432 g/mol. The lowest BCUT2D eigenvalue weighted by atomic mass is 10.1. The van der Waals surface area contributed by atoms with E-state index in [0.717, 1.165) is 0 Å². The first-order valence-corrected chi connectivity index (χ1v) is 10.6. The molecule has 0 bridgehead atoms. The van der Waals surface area contributed by atoms with E-state index in [1.165, 1.54) is 42.7 Å². The van der Waals surface area contributed by atoms with Gasteiger partial charge in [0.05, 0.1) is 10.6 Å². The van der Waals surface area contributed by atoms with E-state index in [9.17, 15) is 18.3 Å². The van der Waals surface area contributed by atoms with Crippen molar-refractivity contribution in [1.82, 2.24) is 4.98 Å². The topological polar surface area (TPSA) is 121 Å². The summed E-state index contributed by atoms with van der Waals surface area (Å²) in [5, 5.41) is 19.0. The summed E-state index contributed by atoms with van der Waals surface area (Å²) >= 11 is 0. The molecule has 1 aromatic heterocycles. The van der Waals surface area contributed by atoms with Gasteiger partial charge in [0.1, 0.15) is 5.69 Å². The third-order valence-electron chi connectivity index (χ3n) is 4.47. The van der Waals surface area contributed by atoms with Gasteiger partial charge in [-0.1, -0.05) is 42.5 Å². The van der Waals surface area contributed by atoms with Crippen molar-refractivity contribution >= 4 is 38.1 Å². The SMILES string of the molecule is O=C(N=Nc1cc(NS(=O)(=O)c2ccccc2)c2ccccc2c1O)c1ccncc1. The number of hydrogen-bond acceptors (Lipinski definition) is 6. The number of carbonyl (C=O) groups is 1. The monoisotopic (exact) mass is 432 g/mol. The summed E-state index contributed by atoms with van der Waals surface area (Å²) in [6, 6.07) is 18.9. The van der Waals surface area contributed by atoms with Crippen LogP contribution in [0.25, 0.3) is 10.8 Å². The summed E-state index contributed by atoms with van der Waals surface area (Å²) < 4.78 is 28.1. The number of azo groups is 1. The first kappa shape index (κ1) is 20.2. The molecule has 0 aliphatic carbocycles. The number of amides is 1. The van der Waals surface area contributed by atoms with Crippen LogP contribution in [-0.2, 0) is 10.0 Å². The van der Waals surface area contributed by atoms with Crippen LogP contribution in [0, 0.1) is 0 Å². The Hall–Kier alpha value is -4.11. The Kier molecular flexibility index (Phi) is 5.42. The number of aromatic hydroxyl groups is 1. The number of phenols is 1. The second kappa shape index (κ2) is 8.33. The van der Waals surface area contributed by atoms with Gasteiger partial charge in [-0.15, -0.1) is 10.2 Å². The standard InChI is InChI=1S/C22H16N4O4S/c27-21-18-9-5-4-8-17(18)19(26-31(29,30)16-6-2-1-3-7-16)14-20(21)24-25-22(28)15-10-12-23-13-11-15/h1-14,26-27H. The molecule has 2 N–H and O–H groups in total. The maximum atomic E-state index is 12.8. The first-order valence-electron chi connectivity index (χ1n) is 9.14. The summed E-state index contributed by atoms with van der Waals surface area (Å²) in [7, 11) is -3.89. The van der Waals surface area contributed by atoms with E-state index in [1.54, 1.807) is 42.5 Å². The fraction of sp³-hybridized carbons (Fsp3) is 0. The van der Waals surface area contributed by atoms with Crippen molar-refractivity contribution in [3.8, 4) is 5.75 Å². The van der Waals surface area contributed by atoms with Gasteiger partial charge < -0.3 is 5.11 Å². The van der Waals surface area contributed by atoms with E-state index >= 15 is 0 Å². The molecule has 3 aromatic carbocycles. The van der Waals surface area contributed by atoms with Gasteiger partial charge in [-0.3, -0.25) is 14.5 Å². The van der Waals surface area contributed by atoms with Crippen molar-refractivity contribution in [3.05, 3.63) is 90.8 Å². The normalized spacial score (nSPS) is 11.6. The maximum Gasteiger partial charge on any atom is 0.295 e. The van der Waals surface area contributed by atoms with E-state index in [1.807, 2.05) is 0 Å². The minimum absolute atomic E-state index is 0.0492. The highest BCUT2D eigenvalue weighted by molar-refractivity contribution is 7.92. The number of anilines is 1. The van der Waals surface area contributed by atoms with Gasteiger partial charge in [0.2, 0.25) is 0 Å². The molecule has 4 rings (SSSR count). The summed E-state index contributed by atoms with van der Waals surface area (Å²) in [5.41, 5.74) is 0.429. The van der Waals surface area contributed by atoms with Crippen LogP contribution in [-0.4, -0.2) is 24.4 Å². The Balaban J connectivity index is 1.77. The highest BCUT2D eigenvalue weighted by atomic mass is 32.2. The Labute approximate surface area is 178 Å². The molecule has 0 fully saturated rings. The molecule has 154 valence electrons. The van der Waals surface area contributed by atoms with Crippen LogP contribution in [0.1, 0.15) is 10.4 Å². The van der Waals surface area contributed by atoms with Gasteiger partial charge in [-0.05, 0) is 30.3 Å². The molecular weight excluding hydrogens is 416 g/mol. The predicted molar refractivity (Wildman–Crippen MR) is 116 cm³/mol. The minimum atomic E-state index is -3.89. The quantitative estimate of drug-likeness (QED) is 0.351. The number of aromatic nitrogens is 1. The molecule has 0 aliphatic rings. The average Bonchev–Trinajstić information content (AvgIpc) is 2.81. The number of sulfonamides is 1. The molecular formula is C22H16N4O4S.